The average Bonchev–Trinajstić information content (AvgIpc) is 3.08. The van der Waals surface area contributed by atoms with Crippen molar-refractivity contribution in [2.75, 3.05) is 0 Å². The van der Waals surface area contributed by atoms with Gasteiger partial charge in [0.2, 0.25) is 5.91 Å². The Kier molecular flexibility index (Phi) is 3.90. The number of carbonyl (C=O) groups is 1. The monoisotopic (exact) mass is 317 g/mol. The van der Waals surface area contributed by atoms with Gasteiger partial charge in [-0.1, -0.05) is 25.7 Å². The van der Waals surface area contributed by atoms with E-state index in [0.717, 1.165) is 28.9 Å². The topological polar surface area (TPSA) is 46.4 Å². The molecule has 2 heterocycles. The Morgan fingerprint density at radius 3 is 3.00 bits per heavy atom. The van der Waals surface area contributed by atoms with Crippen LogP contribution in [0.2, 0.25) is 0 Å². The van der Waals surface area contributed by atoms with Crippen LogP contribution in [0.1, 0.15) is 50.6 Å². The van der Waals surface area contributed by atoms with Gasteiger partial charge in [-0.3, -0.25) is 9.20 Å². The van der Waals surface area contributed by atoms with Crippen molar-refractivity contribution in [2.24, 2.45) is 11.8 Å². The molecule has 4 nitrogen and oxygen atoms in total. The lowest BCUT2D eigenvalue weighted by Crippen LogP contribution is -2.42. The molecule has 2 saturated carbocycles. The van der Waals surface area contributed by atoms with E-state index in [-0.39, 0.29) is 5.91 Å². The number of thiazole rings is 1. The molecule has 5 heteroatoms. The molecule has 0 aromatic carbocycles. The highest BCUT2D eigenvalue weighted by molar-refractivity contribution is 7.15. The van der Waals surface area contributed by atoms with Crippen molar-refractivity contribution in [3.05, 3.63) is 23.5 Å². The van der Waals surface area contributed by atoms with Crippen LogP contribution < -0.4 is 5.32 Å². The third-order valence-corrected chi connectivity index (χ3v) is 6.16. The van der Waals surface area contributed by atoms with Gasteiger partial charge < -0.3 is 5.32 Å². The first-order valence-corrected chi connectivity index (χ1v) is 9.36. The Bertz CT molecular complexity index is 633. The van der Waals surface area contributed by atoms with Gasteiger partial charge in [-0.05, 0) is 31.1 Å². The predicted molar refractivity (Wildman–Crippen MR) is 88.0 cm³/mol. The second-order valence-electron chi connectivity index (χ2n) is 6.88. The number of amides is 1. The summed E-state index contributed by atoms with van der Waals surface area (Å²) in [6.45, 7) is 0. The van der Waals surface area contributed by atoms with Crippen molar-refractivity contribution in [3.63, 3.8) is 0 Å². The summed E-state index contributed by atoms with van der Waals surface area (Å²) in [6.07, 6.45) is 13.6. The maximum Gasteiger partial charge on any atom is 0.226 e. The van der Waals surface area contributed by atoms with Crippen LogP contribution in [0.15, 0.2) is 17.8 Å². The maximum atomic E-state index is 12.3. The number of carbonyl (C=O) groups excluding carboxylic acids is 1. The van der Waals surface area contributed by atoms with Crippen LogP contribution in [0.5, 0.6) is 0 Å². The van der Waals surface area contributed by atoms with Crippen molar-refractivity contribution < 1.29 is 4.79 Å². The summed E-state index contributed by atoms with van der Waals surface area (Å²) in [6, 6.07) is 0.385. The largest absolute Gasteiger partial charge is 0.353 e. The lowest BCUT2D eigenvalue weighted by Gasteiger charge is -2.39. The second-order valence-corrected chi connectivity index (χ2v) is 7.76. The standard InChI is InChI=1S/C17H23N3OS/c21-16(10-15-11-20-7-8-22-17(20)19-15)18-14-6-5-12-3-1-2-4-13(12)9-14/h7-8,11-14H,1-6,9-10H2,(H,18,21). The van der Waals surface area contributed by atoms with Crippen LogP contribution in [-0.4, -0.2) is 21.3 Å². The zero-order valence-corrected chi connectivity index (χ0v) is 13.6. The van der Waals surface area contributed by atoms with E-state index in [4.69, 9.17) is 0 Å². The van der Waals surface area contributed by atoms with E-state index in [1.807, 2.05) is 22.2 Å². The number of aromatic nitrogens is 2. The minimum atomic E-state index is 0.130. The number of nitrogens with one attached hydrogen (secondary N) is 1. The molecule has 3 unspecified atom stereocenters. The molecule has 2 aliphatic carbocycles. The molecule has 1 amide bonds. The number of hydrogen-bond donors (Lipinski definition) is 1. The van der Waals surface area contributed by atoms with Crippen molar-refractivity contribution in [1.82, 2.24) is 14.7 Å². The average molecular weight is 317 g/mol. The predicted octanol–water partition coefficient (Wildman–Crippen LogP) is 3.41. The van der Waals surface area contributed by atoms with Crippen molar-refractivity contribution in [3.8, 4) is 0 Å². The molecule has 3 atom stereocenters. The van der Waals surface area contributed by atoms with Gasteiger partial charge >= 0.3 is 0 Å². The molecule has 2 aromatic heterocycles. The number of fused-ring (bicyclic) bond motifs is 2. The highest BCUT2D eigenvalue weighted by atomic mass is 32.1. The Hall–Kier alpha value is -1.36. The van der Waals surface area contributed by atoms with Gasteiger partial charge in [0.25, 0.3) is 0 Å². The quantitative estimate of drug-likeness (QED) is 0.943. The molecule has 0 spiro atoms. The SMILES string of the molecule is O=C(Cc1cn2ccsc2n1)NC1CCC2CCCCC2C1. The maximum absolute atomic E-state index is 12.3. The molecule has 0 bridgehead atoms. The summed E-state index contributed by atoms with van der Waals surface area (Å²) in [4.78, 5) is 17.7. The number of rotatable bonds is 3. The van der Waals surface area contributed by atoms with E-state index in [9.17, 15) is 4.79 Å². The lowest BCUT2D eigenvalue weighted by atomic mass is 9.69. The van der Waals surface area contributed by atoms with E-state index < -0.39 is 0 Å². The zero-order chi connectivity index (χ0) is 14.9. The van der Waals surface area contributed by atoms with Crippen LogP contribution in [0.4, 0.5) is 0 Å². The summed E-state index contributed by atoms with van der Waals surface area (Å²) in [5, 5.41) is 5.26. The second kappa shape index (κ2) is 6.03. The molecule has 0 aliphatic heterocycles. The highest BCUT2D eigenvalue weighted by Gasteiger charge is 2.32. The fourth-order valence-electron chi connectivity index (χ4n) is 4.31. The van der Waals surface area contributed by atoms with Gasteiger partial charge in [0, 0.05) is 23.8 Å². The molecular formula is C17H23N3OS. The van der Waals surface area contributed by atoms with Crippen molar-refractivity contribution in [1.29, 1.82) is 0 Å². The third kappa shape index (κ3) is 2.91. The smallest absolute Gasteiger partial charge is 0.226 e. The molecule has 2 fully saturated rings. The summed E-state index contributed by atoms with van der Waals surface area (Å²) < 4.78 is 1.99. The van der Waals surface area contributed by atoms with Crippen molar-refractivity contribution in [2.45, 2.75) is 57.4 Å². The minimum Gasteiger partial charge on any atom is -0.353 e. The zero-order valence-electron chi connectivity index (χ0n) is 12.8. The number of hydrogen-bond acceptors (Lipinski definition) is 3. The van der Waals surface area contributed by atoms with E-state index in [2.05, 4.69) is 10.3 Å². The Morgan fingerprint density at radius 2 is 2.14 bits per heavy atom. The summed E-state index contributed by atoms with van der Waals surface area (Å²) >= 11 is 1.60. The first kappa shape index (κ1) is 14.2. The Balaban J connectivity index is 1.33. The van der Waals surface area contributed by atoms with Crippen LogP contribution in [-0.2, 0) is 11.2 Å². The summed E-state index contributed by atoms with van der Waals surface area (Å²) in [5.41, 5.74) is 0.871. The highest BCUT2D eigenvalue weighted by Crippen LogP contribution is 2.40. The first-order valence-electron chi connectivity index (χ1n) is 8.48. The molecule has 2 aliphatic rings. The van der Waals surface area contributed by atoms with Crippen LogP contribution in [0.25, 0.3) is 4.96 Å². The van der Waals surface area contributed by atoms with E-state index in [1.54, 1.807) is 11.3 Å². The van der Waals surface area contributed by atoms with Crippen molar-refractivity contribution >= 4 is 22.2 Å². The van der Waals surface area contributed by atoms with Gasteiger partial charge in [-0.2, -0.15) is 0 Å². The normalized spacial score (nSPS) is 28.5. The molecule has 0 saturated heterocycles. The molecule has 4 rings (SSSR count). The number of imidazole rings is 1. The third-order valence-electron chi connectivity index (χ3n) is 5.39. The molecule has 2 aromatic rings. The van der Waals surface area contributed by atoms with Gasteiger partial charge in [0.1, 0.15) is 0 Å². The number of nitrogens with zero attached hydrogens (tertiary/aromatic N) is 2. The lowest BCUT2D eigenvalue weighted by molar-refractivity contribution is -0.121. The van der Waals surface area contributed by atoms with Crippen LogP contribution in [0.3, 0.4) is 0 Å². The van der Waals surface area contributed by atoms with Gasteiger partial charge in [0.05, 0.1) is 12.1 Å². The van der Waals surface area contributed by atoms with E-state index in [1.165, 1.54) is 38.5 Å². The molecular weight excluding hydrogens is 294 g/mol. The Labute approximate surface area is 134 Å². The molecule has 22 heavy (non-hydrogen) atoms. The summed E-state index contributed by atoms with van der Waals surface area (Å²) in [5.74, 6) is 1.91. The minimum absolute atomic E-state index is 0.130. The van der Waals surface area contributed by atoms with E-state index in [0.29, 0.717) is 12.5 Å². The molecule has 118 valence electrons. The molecule has 1 N–H and O–H groups in total. The van der Waals surface area contributed by atoms with Gasteiger partial charge in [0.15, 0.2) is 4.96 Å². The first-order chi connectivity index (χ1) is 10.8. The Morgan fingerprint density at radius 1 is 1.27 bits per heavy atom. The van der Waals surface area contributed by atoms with E-state index >= 15 is 0 Å². The van der Waals surface area contributed by atoms with Gasteiger partial charge in [-0.25, -0.2) is 4.98 Å². The fraction of sp³-hybridized carbons (Fsp3) is 0.647. The van der Waals surface area contributed by atoms with Crippen LogP contribution >= 0.6 is 11.3 Å². The fourth-order valence-corrected chi connectivity index (χ4v) is 5.03. The van der Waals surface area contributed by atoms with Gasteiger partial charge in [-0.15, -0.1) is 11.3 Å². The molecule has 0 radical (unpaired) electrons. The summed E-state index contributed by atoms with van der Waals surface area (Å²) in [7, 11) is 0. The van der Waals surface area contributed by atoms with Crippen LogP contribution in [0, 0.1) is 11.8 Å².